The van der Waals surface area contributed by atoms with E-state index in [0.717, 1.165) is 13.0 Å². The molecule has 0 unspecified atom stereocenters. The minimum absolute atomic E-state index is 0.0225. The Kier molecular flexibility index (Phi) is 4.63. The maximum absolute atomic E-state index is 2.56. The quantitative estimate of drug-likeness (QED) is 0.153. The molecule has 0 saturated carbocycles. The van der Waals surface area contributed by atoms with Crippen molar-refractivity contribution in [2.45, 2.75) is 71.8 Å². The van der Waals surface area contributed by atoms with E-state index >= 15 is 0 Å². The molecule has 0 amide bonds. The Morgan fingerprint density at radius 3 is 2.38 bits per heavy atom. The van der Waals surface area contributed by atoms with Crippen LogP contribution in [0, 0.1) is 6.92 Å². The van der Waals surface area contributed by atoms with Crippen LogP contribution in [0.3, 0.4) is 0 Å². The predicted molar refractivity (Wildman–Crippen MR) is 156 cm³/mol. The van der Waals surface area contributed by atoms with Crippen LogP contribution in [0.15, 0.2) is 72.9 Å². The number of hydrogen-bond acceptors (Lipinski definition) is 0. The number of pyridine rings is 1. The lowest BCUT2D eigenvalue weighted by Gasteiger charge is -2.25. The predicted octanol–water partition coefficient (Wildman–Crippen LogP) is 8.81. The van der Waals surface area contributed by atoms with Crippen LogP contribution >= 0.6 is 0 Å². The largest absolute Gasteiger partial charge is 0.220 e. The molecule has 1 aliphatic carbocycles. The number of nitrogens with zero attached hydrogens (tertiary/aromatic N) is 1. The van der Waals surface area contributed by atoms with Crippen molar-refractivity contribution >= 4 is 21.5 Å². The fourth-order valence-corrected chi connectivity index (χ4v) is 7.05. The van der Waals surface area contributed by atoms with Crippen molar-refractivity contribution < 1.29 is 4.57 Å². The van der Waals surface area contributed by atoms with Gasteiger partial charge in [0.25, 0.3) is 0 Å². The van der Waals surface area contributed by atoms with Gasteiger partial charge < -0.3 is 0 Å². The molecule has 0 atom stereocenters. The highest BCUT2D eigenvalue weighted by Gasteiger charge is 2.38. The van der Waals surface area contributed by atoms with Gasteiger partial charge in [-0.05, 0) is 81.1 Å². The fourth-order valence-electron chi connectivity index (χ4n) is 7.05. The summed E-state index contributed by atoms with van der Waals surface area (Å²) in [5, 5.41) is 5.45. The van der Waals surface area contributed by atoms with E-state index in [1.165, 1.54) is 78.2 Å². The van der Waals surface area contributed by atoms with Crippen molar-refractivity contribution in [3.8, 4) is 22.4 Å². The van der Waals surface area contributed by atoms with Gasteiger partial charge in [0, 0.05) is 22.8 Å². The van der Waals surface area contributed by atoms with E-state index in [9.17, 15) is 0 Å². The number of fused-ring (bicyclic) bond motifs is 10. The van der Waals surface area contributed by atoms with Crippen LogP contribution in [0.4, 0.5) is 0 Å². The topological polar surface area (TPSA) is 3.88 Å². The van der Waals surface area contributed by atoms with Gasteiger partial charge in [-0.2, -0.15) is 4.57 Å². The van der Waals surface area contributed by atoms with Gasteiger partial charge in [-0.25, -0.2) is 0 Å². The zero-order valence-electron chi connectivity index (χ0n) is 23.0. The average molecular weight is 483 g/mol. The van der Waals surface area contributed by atoms with Crippen molar-refractivity contribution in [3.63, 3.8) is 0 Å². The summed E-state index contributed by atoms with van der Waals surface area (Å²) < 4.78 is 2.54. The van der Waals surface area contributed by atoms with Crippen LogP contribution in [0.5, 0.6) is 0 Å². The Morgan fingerprint density at radius 1 is 0.784 bits per heavy atom. The van der Waals surface area contributed by atoms with Crippen molar-refractivity contribution in [2.24, 2.45) is 0 Å². The van der Waals surface area contributed by atoms with Crippen molar-refractivity contribution in [1.82, 2.24) is 0 Å². The zero-order chi connectivity index (χ0) is 25.7. The molecule has 0 spiro atoms. The SMILES string of the molecule is Cc1c[n+]2c(c3ccc4ccccc4c13)-c1cc3c(cc1CCC2)-c1ccc(C(C)(C)C)cc1C3(C)C. The van der Waals surface area contributed by atoms with Crippen molar-refractivity contribution in [3.05, 3.63) is 101 Å². The van der Waals surface area contributed by atoms with Gasteiger partial charge in [-0.15, -0.1) is 0 Å². The van der Waals surface area contributed by atoms with Crippen molar-refractivity contribution in [2.75, 3.05) is 0 Å². The lowest BCUT2D eigenvalue weighted by Crippen LogP contribution is -2.36. The monoisotopic (exact) mass is 482 g/mol. The first-order valence-electron chi connectivity index (χ1n) is 13.8. The molecule has 0 saturated heterocycles. The van der Waals surface area contributed by atoms with Gasteiger partial charge in [0.05, 0.1) is 10.9 Å². The fraction of sp³-hybridized carbons (Fsp3) is 0.306. The molecule has 0 N–H and O–H groups in total. The Morgan fingerprint density at radius 2 is 1.57 bits per heavy atom. The number of aryl methyl sites for hydroxylation is 3. The Labute approximate surface area is 220 Å². The highest BCUT2D eigenvalue weighted by Crippen LogP contribution is 2.52. The summed E-state index contributed by atoms with van der Waals surface area (Å²) in [6, 6.07) is 25.8. The van der Waals surface area contributed by atoms with Gasteiger partial charge in [0.2, 0.25) is 5.69 Å². The Balaban J connectivity index is 1.52. The molecule has 7 rings (SSSR count). The second kappa shape index (κ2) is 7.54. The van der Waals surface area contributed by atoms with Gasteiger partial charge in [0.15, 0.2) is 6.20 Å². The third-order valence-electron chi connectivity index (χ3n) is 9.08. The summed E-state index contributed by atoms with van der Waals surface area (Å²) in [6.45, 7) is 15.1. The van der Waals surface area contributed by atoms with E-state index in [4.69, 9.17) is 0 Å². The Bertz CT molecular complexity index is 1760. The number of benzene rings is 4. The highest BCUT2D eigenvalue weighted by molar-refractivity contribution is 6.12. The summed E-state index contributed by atoms with van der Waals surface area (Å²) in [5.74, 6) is 0. The third kappa shape index (κ3) is 3.19. The lowest BCUT2D eigenvalue weighted by atomic mass is 9.78. The second-order valence-electron chi connectivity index (χ2n) is 12.9. The molecule has 0 bridgehead atoms. The Hall–Kier alpha value is -3.45. The first-order valence-corrected chi connectivity index (χ1v) is 13.8. The molecule has 1 heteroatoms. The molecule has 2 aliphatic rings. The number of rotatable bonds is 0. The maximum Gasteiger partial charge on any atom is 0.220 e. The summed E-state index contributed by atoms with van der Waals surface area (Å²) in [4.78, 5) is 0. The normalized spacial score (nSPS) is 15.7. The third-order valence-corrected chi connectivity index (χ3v) is 9.08. The summed E-state index contributed by atoms with van der Waals surface area (Å²) in [6.07, 6.45) is 4.69. The van der Waals surface area contributed by atoms with E-state index in [1.807, 2.05) is 0 Å². The van der Waals surface area contributed by atoms with E-state index in [2.05, 4.69) is 119 Å². The first-order chi connectivity index (χ1) is 17.6. The molecule has 2 heterocycles. The van der Waals surface area contributed by atoms with Crippen LogP contribution in [0.25, 0.3) is 43.9 Å². The van der Waals surface area contributed by atoms with Crippen LogP contribution in [0.1, 0.15) is 68.9 Å². The minimum Gasteiger partial charge on any atom is -0.197 e. The molecule has 4 aromatic carbocycles. The molecule has 37 heavy (non-hydrogen) atoms. The molecule has 0 fully saturated rings. The van der Waals surface area contributed by atoms with E-state index in [-0.39, 0.29) is 10.8 Å². The first kappa shape index (κ1) is 22.7. The highest BCUT2D eigenvalue weighted by atomic mass is 15.0. The van der Waals surface area contributed by atoms with Gasteiger partial charge in [-0.3, -0.25) is 0 Å². The van der Waals surface area contributed by atoms with Crippen LogP contribution in [0.2, 0.25) is 0 Å². The minimum atomic E-state index is -0.0225. The average Bonchev–Trinajstić information content (AvgIpc) is 2.97. The van der Waals surface area contributed by atoms with Crippen LogP contribution in [-0.4, -0.2) is 0 Å². The van der Waals surface area contributed by atoms with Crippen LogP contribution in [-0.2, 0) is 23.8 Å². The zero-order valence-corrected chi connectivity index (χ0v) is 23.0. The van der Waals surface area contributed by atoms with Crippen LogP contribution < -0.4 is 4.57 Å². The molecule has 184 valence electrons. The number of aromatic nitrogens is 1. The molecule has 1 aromatic heterocycles. The van der Waals surface area contributed by atoms with Gasteiger partial charge in [0.1, 0.15) is 6.54 Å². The molecule has 0 radical (unpaired) electrons. The summed E-state index contributed by atoms with van der Waals surface area (Å²) in [7, 11) is 0. The van der Waals surface area contributed by atoms with E-state index in [1.54, 1.807) is 0 Å². The molecule has 5 aromatic rings. The van der Waals surface area contributed by atoms with Gasteiger partial charge >= 0.3 is 0 Å². The van der Waals surface area contributed by atoms with Gasteiger partial charge in [-0.1, -0.05) is 83.1 Å². The lowest BCUT2D eigenvalue weighted by molar-refractivity contribution is -0.685. The smallest absolute Gasteiger partial charge is 0.197 e. The maximum atomic E-state index is 2.56. The van der Waals surface area contributed by atoms with E-state index < -0.39 is 0 Å². The second-order valence-corrected chi connectivity index (χ2v) is 12.9. The molecule has 1 nitrogen and oxygen atoms in total. The molecule has 1 aliphatic heterocycles. The molecular weight excluding hydrogens is 446 g/mol. The van der Waals surface area contributed by atoms with Crippen molar-refractivity contribution in [1.29, 1.82) is 0 Å². The van der Waals surface area contributed by atoms with E-state index in [0.29, 0.717) is 0 Å². The summed E-state index contributed by atoms with van der Waals surface area (Å²) >= 11 is 0. The standard InChI is InChI=1S/C36H36N/c1-22-21-37-17-9-11-24-18-30-27-16-14-25(35(2,3)4)19-31(27)36(5,6)32(30)20-29(24)34(37)28-15-13-23-10-7-8-12-26(23)33(22)28/h7-8,10,12-16,18-21H,9,11,17H2,1-6H3/q+1. The number of hydrogen-bond donors (Lipinski definition) is 0. The summed E-state index contributed by atoms with van der Waals surface area (Å²) in [5.41, 5.74) is 13.0. The molecular formula is C36H36N+.